The van der Waals surface area contributed by atoms with E-state index in [2.05, 4.69) is 10.6 Å². The van der Waals surface area contributed by atoms with Gasteiger partial charge in [-0.1, -0.05) is 62.7 Å². The van der Waals surface area contributed by atoms with Crippen molar-refractivity contribution in [1.29, 1.82) is 0 Å². The zero-order chi connectivity index (χ0) is 27.2. The van der Waals surface area contributed by atoms with Crippen molar-refractivity contribution in [2.45, 2.75) is 84.2 Å². The van der Waals surface area contributed by atoms with Crippen molar-refractivity contribution in [2.75, 3.05) is 0 Å². The van der Waals surface area contributed by atoms with Gasteiger partial charge >= 0.3 is 6.09 Å². The number of phenols is 1. The van der Waals surface area contributed by atoms with Crippen molar-refractivity contribution in [3.8, 4) is 5.75 Å². The quantitative estimate of drug-likeness (QED) is 0.431. The summed E-state index contributed by atoms with van der Waals surface area (Å²) in [4.78, 5) is 42.0. The molecule has 3 N–H and O–H groups in total. The zero-order valence-electron chi connectivity index (χ0n) is 22.4. The number of hydrogen-bond donors (Lipinski definition) is 3. The molecule has 0 heterocycles. The molecule has 8 nitrogen and oxygen atoms in total. The first-order valence-electron chi connectivity index (χ1n) is 12.9. The second kappa shape index (κ2) is 12.1. The highest BCUT2D eigenvalue weighted by atomic mass is 16.6. The van der Waals surface area contributed by atoms with Crippen LogP contribution in [0.15, 0.2) is 54.6 Å². The Labute approximate surface area is 219 Å². The van der Waals surface area contributed by atoms with Gasteiger partial charge in [-0.25, -0.2) is 4.79 Å². The van der Waals surface area contributed by atoms with Gasteiger partial charge in [0.1, 0.15) is 23.4 Å². The van der Waals surface area contributed by atoms with E-state index >= 15 is 0 Å². The zero-order valence-corrected chi connectivity index (χ0v) is 22.4. The van der Waals surface area contributed by atoms with Crippen molar-refractivity contribution < 1.29 is 24.2 Å². The molecule has 0 radical (unpaired) electrons. The van der Waals surface area contributed by atoms with Crippen LogP contribution in [-0.2, 0) is 20.9 Å². The van der Waals surface area contributed by atoms with Crippen LogP contribution in [0.3, 0.4) is 0 Å². The fourth-order valence-electron chi connectivity index (χ4n) is 4.16. The van der Waals surface area contributed by atoms with Crippen LogP contribution >= 0.6 is 0 Å². The average Bonchev–Trinajstić information content (AvgIpc) is 3.68. The Morgan fingerprint density at radius 2 is 1.76 bits per heavy atom. The maximum Gasteiger partial charge on any atom is 0.408 e. The monoisotopic (exact) mass is 509 g/mol. The molecule has 1 fully saturated rings. The molecule has 3 amide bonds. The molecule has 37 heavy (non-hydrogen) atoms. The molecule has 3 unspecified atom stereocenters. The molecule has 2 aromatic carbocycles. The summed E-state index contributed by atoms with van der Waals surface area (Å²) >= 11 is 0. The van der Waals surface area contributed by atoms with Gasteiger partial charge in [-0.15, -0.1) is 0 Å². The van der Waals surface area contributed by atoms with Gasteiger partial charge in [0.2, 0.25) is 11.8 Å². The standard InChI is InChI=1S/C29H39N3O5/c1-6-19(2)24(31-28(36)37-29(3,4)5)27(35)32(22-15-16-22)25(21-13-10-14-23(33)17-21)26(34)30-18-20-11-8-7-9-12-20/h7-14,17,19,22,24-25,33H,6,15-16,18H2,1-5H3,(H,30,34)(H,31,36). The third-order valence-electron chi connectivity index (χ3n) is 6.37. The first-order valence-corrected chi connectivity index (χ1v) is 12.9. The Morgan fingerprint density at radius 3 is 2.32 bits per heavy atom. The summed E-state index contributed by atoms with van der Waals surface area (Å²) in [5.74, 6) is -0.883. The minimum Gasteiger partial charge on any atom is -0.508 e. The molecule has 1 aliphatic rings. The number of alkyl carbamates (subject to hydrolysis) is 1. The Bertz CT molecular complexity index is 1080. The van der Waals surface area contributed by atoms with E-state index in [0.29, 0.717) is 18.5 Å². The highest BCUT2D eigenvalue weighted by molar-refractivity contribution is 5.92. The van der Waals surface area contributed by atoms with E-state index in [9.17, 15) is 19.5 Å². The van der Waals surface area contributed by atoms with Crippen molar-refractivity contribution in [3.05, 3.63) is 65.7 Å². The highest BCUT2D eigenvalue weighted by Gasteiger charge is 2.45. The van der Waals surface area contributed by atoms with E-state index in [-0.39, 0.29) is 29.5 Å². The normalized spacial score (nSPS) is 15.7. The second-order valence-corrected chi connectivity index (χ2v) is 10.7. The Hall–Kier alpha value is -3.55. The molecule has 0 spiro atoms. The fourth-order valence-corrected chi connectivity index (χ4v) is 4.16. The van der Waals surface area contributed by atoms with Crippen LogP contribution in [0.4, 0.5) is 4.79 Å². The van der Waals surface area contributed by atoms with E-state index in [4.69, 9.17) is 4.74 Å². The molecule has 0 aromatic heterocycles. The predicted octanol–water partition coefficient (Wildman–Crippen LogP) is 4.68. The molecule has 8 heteroatoms. The van der Waals surface area contributed by atoms with E-state index in [1.807, 2.05) is 44.2 Å². The molecule has 0 bridgehead atoms. The number of carbonyl (C=O) groups excluding carboxylic acids is 3. The van der Waals surface area contributed by atoms with Gasteiger partial charge in [-0.05, 0) is 62.8 Å². The topological polar surface area (TPSA) is 108 Å². The molecule has 2 aromatic rings. The number of amides is 3. The summed E-state index contributed by atoms with van der Waals surface area (Å²) in [7, 11) is 0. The first kappa shape index (κ1) is 28.0. The highest BCUT2D eigenvalue weighted by Crippen LogP contribution is 2.37. The van der Waals surface area contributed by atoms with Gasteiger partial charge < -0.3 is 25.4 Å². The van der Waals surface area contributed by atoms with Crippen LogP contribution in [0.1, 0.15) is 71.0 Å². The van der Waals surface area contributed by atoms with E-state index in [1.165, 1.54) is 12.1 Å². The van der Waals surface area contributed by atoms with Gasteiger partial charge in [0.15, 0.2) is 0 Å². The maximum atomic E-state index is 14.1. The number of nitrogens with zero attached hydrogens (tertiary/aromatic N) is 1. The maximum absolute atomic E-state index is 14.1. The Kier molecular flexibility index (Phi) is 9.18. The lowest BCUT2D eigenvalue weighted by Gasteiger charge is -2.36. The number of aromatic hydroxyl groups is 1. The number of ether oxygens (including phenoxy) is 1. The van der Waals surface area contributed by atoms with Crippen molar-refractivity contribution in [3.63, 3.8) is 0 Å². The summed E-state index contributed by atoms with van der Waals surface area (Å²) in [6.07, 6.45) is 1.48. The third kappa shape index (κ3) is 7.97. The van der Waals surface area contributed by atoms with Crippen LogP contribution in [0, 0.1) is 5.92 Å². The predicted molar refractivity (Wildman–Crippen MR) is 142 cm³/mol. The molecule has 200 valence electrons. The van der Waals surface area contributed by atoms with E-state index < -0.39 is 23.8 Å². The van der Waals surface area contributed by atoms with Gasteiger partial charge in [-0.2, -0.15) is 0 Å². The molecular formula is C29H39N3O5. The number of hydrogen-bond acceptors (Lipinski definition) is 5. The minimum atomic E-state index is -0.970. The van der Waals surface area contributed by atoms with Crippen LogP contribution in [0.5, 0.6) is 5.75 Å². The van der Waals surface area contributed by atoms with Crippen molar-refractivity contribution in [2.24, 2.45) is 5.92 Å². The van der Waals surface area contributed by atoms with Crippen LogP contribution in [0.2, 0.25) is 0 Å². The fraction of sp³-hybridized carbons (Fsp3) is 0.483. The molecule has 1 saturated carbocycles. The minimum absolute atomic E-state index is 0.00640. The lowest BCUT2D eigenvalue weighted by Crippen LogP contribution is -2.55. The number of carbonyl (C=O) groups is 3. The number of rotatable bonds is 10. The molecule has 3 atom stereocenters. The molecule has 0 saturated heterocycles. The molecule has 3 rings (SSSR count). The Balaban J connectivity index is 1.94. The largest absolute Gasteiger partial charge is 0.508 e. The number of benzene rings is 2. The van der Waals surface area contributed by atoms with E-state index in [0.717, 1.165) is 18.4 Å². The summed E-state index contributed by atoms with van der Waals surface area (Å²) in [6, 6.07) is 14.0. The van der Waals surface area contributed by atoms with Crippen molar-refractivity contribution in [1.82, 2.24) is 15.5 Å². The van der Waals surface area contributed by atoms with Gasteiger partial charge in [-0.3, -0.25) is 9.59 Å². The summed E-state index contributed by atoms with van der Waals surface area (Å²) in [5, 5.41) is 15.9. The van der Waals surface area contributed by atoms with Crippen LogP contribution in [0.25, 0.3) is 0 Å². The third-order valence-corrected chi connectivity index (χ3v) is 6.37. The summed E-state index contributed by atoms with van der Waals surface area (Å²) in [6.45, 7) is 9.42. The average molecular weight is 510 g/mol. The number of phenolic OH excluding ortho intramolecular Hbond substituents is 1. The number of nitrogens with one attached hydrogen (secondary N) is 2. The second-order valence-electron chi connectivity index (χ2n) is 10.7. The van der Waals surface area contributed by atoms with Gasteiger partial charge in [0.05, 0.1) is 0 Å². The van der Waals surface area contributed by atoms with Crippen molar-refractivity contribution >= 4 is 17.9 Å². The van der Waals surface area contributed by atoms with E-state index in [1.54, 1.807) is 37.8 Å². The lowest BCUT2D eigenvalue weighted by atomic mass is 9.95. The van der Waals surface area contributed by atoms with Gasteiger partial charge in [0.25, 0.3) is 0 Å². The van der Waals surface area contributed by atoms with Gasteiger partial charge in [0, 0.05) is 12.6 Å². The molecular weight excluding hydrogens is 470 g/mol. The summed E-state index contributed by atoms with van der Waals surface area (Å²) in [5.41, 5.74) is 0.718. The smallest absolute Gasteiger partial charge is 0.408 e. The SMILES string of the molecule is CCC(C)C(NC(=O)OC(C)(C)C)C(=O)N(C1CC1)C(C(=O)NCc1ccccc1)c1cccc(O)c1. The summed E-state index contributed by atoms with van der Waals surface area (Å²) < 4.78 is 5.43. The first-order chi connectivity index (χ1) is 17.5. The van der Waals surface area contributed by atoms with Crippen LogP contribution < -0.4 is 10.6 Å². The lowest BCUT2D eigenvalue weighted by molar-refractivity contribution is -0.144. The Morgan fingerprint density at radius 1 is 1.08 bits per heavy atom. The molecule has 0 aliphatic heterocycles. The molecule has 1 aliphatic carbocycles. The van der Waals surface area contributed by atoms with Crippen LogP contribution in [-0.4, -0.2) is 45.6 Å².